The first kappa shape index (κ1) is 23.7. The van der Waals surface area contributed by atoms with Crippen LogP contribution in [0.5, 0.6) is 0 Å². The molecule has 0 bridgehead atoms. The van der Waals surface area contributed by atoms with Crippen LogP contribution in [-0.4, -0.2) is 96.5 Å². The Balaban J connectivity index is 2.14. The van der Waals surface area contributed by atoms with Crippen molar-refractivity contribution < 1.29 is 45.2 Å². The molecule has 9 atom stereocenters. The fourth-order valence-electron chi connectivity index (χ4n) is 4.01. The summed E-state index contributed by atoms with van der Waals surface area (Å²) in [5, 5.41) is 71.1. The SMILES string of the molecule is C[C@@H](/C=C/[C@]1(O)C(C)(C)CC[C@@H](O)[C@]1(C)O)O[C@@H]1O[C@H](CO)[C@@H](O)[C@H](O)[C@H]1O. The Morgan fingerprint density at radius 3 is 2.25 bits per heavy atom. The highest BCUT2D eigenvalue weighted by atomic mass is 16.7. The summed E-state index contributed by atoms with van der Waals surface area (Å²) in [6, 6.07) is 0. The minimum atomic E-state index is -1.78. The monoisotopic (exact) mass is 406 g/mol. The highest BCUT2D eigenvalue weighted by molar-refractivity contribution is 5.22. The molecule has 0 spiro atoms. The van der Waals surface area contributed by atoms with Gasteiger partial charge in [0.05, 0.1) is 18.8 Å². The van der Waals surface area contributed by atoms with Gasteiger partial charge in [-0.1, -0.05) is 26.0 Å². The predicted molar refractivity (Wildman–Crippen MR) is 98.0 cm³/mol. The van der Waals surface area contributed by atoms with Crippen molar-refractivity contribution >= 4 is 0 Å². The Morgan fingerprint density at radius 1 is 1.07 bits per heavy atom. The molecule has 0 unspecified atom stereocenters. The second-order valence-electron chi connectivity index (χ2n) is 8.75. The van der Waals surface area contributed by atoms with Crippen LogP contribution in [0.1, 0.15) is 40.5 Å². The topological polar surface area (TPSA) is 160 Å². The third-order valence-corrected chi connectivity index (χ3v) is 6.30. The van der Waals surface area contributed by atoms with Gasteiger partial charge in [-0.3, -0.25) is 0 Å². The molecule has 9 heteroatoms. The van der Waals surface area contributed by atoms with Gasteiger partial charge in [-0.2, -0.15) is 0 Å². The second kappa shape index (κ2) is 8.25. The van der Waals surface area contributed by atoms with Crippen molar-refractivity contribution in [2.75, 3.05) is 6.61 Å². The predicted octanol–water partition coefficient (Wildman–Crippen LogP) is -1.59. The lowest BCUT2D eigenvalue weighted by molar-refractivity contribution is -0.306. The van der Waals surface area contributed by atoms with Crippen LogP contribution in [0.4, 0.5) is 0 Å². The lowest BCUT2D eigenvalue weighted by atomic mass is 9.57. The summed E-state index contributed by atoms with van der Waals surface area (Å²) in [4.78, 5) is 0. The molecule has 0 aromatic rings. The molecule has 1 saturated carbocycles. The second-order valence-corrected chi connectivity index (χ2v) is 8.75. The molecule has 0 aromatic carbocycles. The van der Waals surface area contributed by atoms with E-state index >= 15 is 0 Å². The van der Waals surface area contributed by atoms with Gasteiger partial charge in [0.2, 0.25) is 0 Å². The van der Waals surface area contributed by atoms with Crippen molar-refractivity contribution in [1.82, 2.24) is 0 Å². The fraction of sp³-hybridized carbons (Fsp3) is 0.895. The van der Waals surface area contributed by atoms with E-state index in [-0.39, 0.29) is 0 Å². The first-order chi connectivity index (χ1) is 12.8. The van der Waals surface area contributed by atoms with Crippen LogP contribution in [0.2, 0.25) is 0 Å². The summed E-state index contributed by atoms with van der Waals surface area (Å²) in [6.45, 7) is 6.00. The molecule has 2 fully saturated rings. The number of rotatable bonds is 5. The van der Waals surface area contributed by atoms with Gasteiger partial charge in [-0.05, 0) is 26.7 Å². The molecule has 1 heterocycles. The first-order valence-electron chi connectivity index (χ1n) is 9.56. The normalized spacial score (nSPS) is 48.0. The smallest absolute Gasteiger partial charge is 0.187 e. The van der Waals surface area contributed by atoms with Crippen LogP contribution in [0.25, 0.3) is 0 Å². The van der Waals surface area contributed by atoms with Crippen LogP contribution >= 0.6 is 0 Å². The molecule has 28 heavy (non-hydrogen) atoms. The summed E-state index contributed by atoms with van der Waals surface area (Å²) in [7, 11) is 0. The molecule has 0 amide bonds. The quantitative estimate of drug-likeness (QED) is 0.267. The number of aliphatic hydroxyl groups excluding tert-OH is 5. The van der Waals surface area contributed by atoms with Crippen molar-refractivity contribution in [3.63, 3.8) is 0 Å². The zero-order chi connectivity index (χ0) is 21.5. The number of hydrogen-bond acceptors (Lipinski definition) is 9. The molecule has 0 radical (unpaired) electrons. The van der Waals surface area contributed by atoms with E-state index in [4.69, 9.17) is 9.47 Å². The zero-order valence-corrected chi connectivity index (χ0v) is 16.8. The van der Waals surface area contributed by atoms with E-state index in [1.54, 1.807) is 20.8 Å². The maximum atomic E-state index is 11.2. The Hall–Kier alpha value is -0.620. The van der Waals surface area contributed by atoms with Gasteiger partial charge in [0.1, 0.15) is 35.6 Å². The molecule has 0 aromatic heterocycles. The maximum Gasteiger partial charge on any atom is 0.187 e. The molecule has 1 saturated heterocycles. The third-order valence-electron chi connectivity index (χ3n) is 6.30. The summed E-state index contributed by atoms with van der Waals surface area (Å²) < 4.78 is 10.9. The van der Waals surface area contributed by atoms with E-state index in [9.17, 15) is 35.7 Å². The highest BCUT2D eigenvalue weighted by Crippen LogP contribution is 2.50. The van der Waals surface area contributed by atoms with Crippen molar-refractivity contribution in [2.24, 2.45) is 5.41 Å². The highest BCUT2D eigenvalue weighted by Gasteiger charge is 2.60. The minimum Gasteiger partial charge on any atom is -0.394 e. The van der Waals surface area contributed by atoms with Crippen LogP contribution < -0.4 is 0 Å². The lowest BCUT2D eigenvalue weighted by Gasteiger charge is -2.55. The van der Waals surface area contributed by atoms with Crippen molar-refractivity contribution in [2.45, 2.75) is 94.7 Å². The molecule has 2 rings (SSSR count). The van der Waals surface area contributed by atoms with Crippen LogP contribution in [0.15, 0.2) is 12.2 Å². The summed E-state index contributed by atoms with van der Waals surface area (Å²) in [5.41, 5.74) is -4.26. The molecule has 7 N–H and O–H groups in total. The van der Waals surface area contributed by atoms with E-state index in [1.807, 2.05) is 0 Å². The molecule has 9 nitrogen and oxygen atoms in total. The number of aliphatic hydroxyl groups is 7. The van der Waals surface area contributed by atoms with Gasteiger partial charge >= 0.3 is 0 Å². The number of ether oxygens (including phenoxy) is 2. The van der Waals surface area contributed by atoms with Crippen molar-refractivity contribution in [1.29, 1.82) is 0 Å². The van der Waals surface area contributed by atoms with E-state index < -0.39 is 66.1 Å². The van der Waals surface area contributed by atoms with E-state index in [0.717, 1.165) is 0 Å². The Kier molecular flexibility index (Phi) is 6.97. The third kappa shape index (κ3) is 4.00. The largest absolute Gasteiger partial charge is 0.394 e. The molecule has 1 aliphatic heterocycles. The van der Waals surface area contributed by atoms with Crippen LogP contribution in [0, 0.1) is 5.41 Å². The summed E-state index contributed by atoms with van der Waals surface area (Å²) >= 11 is 0. The van der Waals surface area contributed by atoms with Gasteiger partial charge in [0.25, 0.3) is 0 Å². The van der Waals surface area contributed by atoms with Gasteiger partial charge in [-0.25, -0.2) is 0 Å². The Bertz CT molecular complexity index is 562. The fourth-order valence-corrected chi connectivity index (χ4v) is 4.01. The standard InChI is InChI=1S/C19H34O9/c1-10(27-16-15(24)14(23)13(22)11(9-20)28-16)5-8-19(26)17(2,3)7-6-12(21)18(19,4)25/h5,8,10-16,20-26H,6-7,9H2,1-4H3/b8-5+/t10-,11+,12+,13+,14-,15+,16+,18-,19-/m0/s1. The van der Waals surface area contributed by atoms with E-state index in [1.165, 1.54) is 19.1 Å². The number of hydrogen-bond donors (Lipinski definition) is 7. The van der Waals surface area contributed by atoms with Crippen LogP contribution in [-0.2, 0) is 9.47 Å². The van der Waals surface area contributed by atoms with E-state index in [2.05, 4.69) is 0 Å². The summed E-state index contributed by atoms with van der Waals surface area (Å²) in [5.74, 6) is 0. The average molecular weight is 406 g/mol. The molecular weight excluding hydrogens is 372 g/mol. The Labute approximate surface area is 164 Å². The average Bonchev–Trinajstić information content (AvgIpc) is 2.63. The molecule has 1 aliphatic carbocycles. The van der Waals surface area contributed by atoms with Crippen LogP contribution in [0.3, 0.4) is 0 Å². The molecule has 164 valence electrons. The molecule has 2 aliphatic rings. The van der Waals surface area contributed by atoms with Crippen molar-refractivity contribution in [3.05, 3.63) is 12.2 Å². The van der Waals surface area contributed by atoms with Crippen molar-refractivity contribution in [3.8, 4) is 0 Å². The first-order valence-corrected chi connectivity index (χ1v) is 9.56. The Morgan fingerprint density at radius 2 is 1.68 bits per heavy atom. The summed E-state index contributed by atoms with van der Waals surface area (Å²) in [6.07, 6.45) is -5.09. The van der Waals surface area contributed by atoms with Gasteiger partial charge < -0.3 is 45.2 Å². The minimum absolute atomic E-state index is 0.354. The molecular formula is C19H34O9. The van der Waals surface area contributed by atoms with E-state index in [0.29, 0.717) is 12.8 Å². The van der Waals surface area contributed by atoms with Gasteiger partial charge in [-0.15, -0.1) is 0 Å². The van der Waals surface area contributed by atoms with Gasteiger partial charge in [0, 0.05) is 5.41 Å². The maximum absolute atomic E-state index is 11.2. The zero-order valence-electron chi connectivity index (χ0n) is 16.8. The lowest BCUT2D eigenvalue weighted by Crippen LogP contribution is -2.68. The van der Waals surface area contributed by atoms with Gasteiger partial charge in [0.15, 0.2) is 6.29 Å².